The summed E-state index contributed by atoms with van der Waals surface area (Å²) in [5.41, 5.74) is 0.816. The predicted molar refractivity (Wildman–Crippen MR) is 68.1 cm³/mol. The Hall–Kier alpha value is -1.13. The van der Waals surface area contributed by atoms with E-state index < -0.39 is 0 Å². The molecule has 1 aromatic heterocycles. The molecule has 0 saturated carbocycles. The van der Waals surface area contributed by atoms with Gasteiger partial charge in [-0.2, -0.15) is 0 Å². The van der Waals surface area contributed by atoms with E-state index in [4.69, 9.17) is 11.6 Å². The molecule has 0 aliphatic heterocycles. The quantitative estimate of drug-likeness (QED) is 0.891. The van der Waals surface area contributed by atoms with Crippen LogP contribution in [-0.4, -0.2) is 10.9 Å². The molecule has 0 unspecified atom stereocenters. The highest BCUT2D eigenvalue weighted by Crippen LogP contribution is 2.28. The molecule has 1 amide bonds. The number of thiazole rings is 1. The van der Waals surface area contributed by atoms with Gasteiger partial charge in [-0.15, -0.1) is 0 Å². The Morgan fingerprint density at radius 2 is 2.25 bits per heavy atom. The van der Waals surface area contributed by atoms with Gasteiger partial charge in [0.15, 0.2) is 5.13 Å². The second kappa shape index (κ2) is 4.39. The molecule has 1 aromatic carbocycles. The van der Waals surface area contributed by atoms with E-state index in [1.807, 2.05) is 26.0 Å². The summed E-state index contributed by atoms with van der Waals surface area (Å²) in [6, 6.07) is 5.51. The lowest BCUT2D eigenvalue weighted by Gasteiger charge is -2.02. The molecule has 2 aromatic rings. The molecular weight excluding hydrogens is 244 g/mol. The lowest BCUT2D eigenvalue weighted by atomic mass is 10.2. The lowest BCUT2D eigenvalue weighted by Crippen LogP contribution is -2.17. The summed E-state index contributed by atoms with van der Waals surface area (Å²) in [7, 11) is 0. The Morgan fingerprint density at radius 3 is 2.94 bits per heavy atom. The molecule has 0 fully saturated rings. The van der Waals surface area contributed by atoms with E-state index in [0.29, 0.717) is 10.2 Å². The number of nitrogens with one attached hydrogen (secondary N) is 1. The van der Waals surface area contributed by atoms with E-state index in [9.17, 15) is 4.79 Å². The molecule has 0 atom stereocenters. The van der Waals surface area contributed by atoms with Crippen molar-refractivity contribution in [2.24, 2.45) is 5.92 Å². The Bertz CT molecular complexity index is 536. The van der Waals surface area contributed by atoms with Gasteiger partial charge in [-0.1, -0.05) is 36.8 Å². The number of nitrogens with zero attached hydrogens (tertiary/aromatic N) is 1. The minimum Gasteiger partial charge on any atom is -0.302 e. The zero-order chi connectivity index (χ0) is 11.7. The number of benzene rings is 1. The Kier molecular flexibility index (Phi) is 3.12. The number of fused-ring (bicyclic) bond motifs is 1. The van der Waals surface area contributed by atoms with Gasteiger partial charge < -0.3 is 5.32 Å². The SMILES string of the molecule is CC(C)C(=O)Nc1nc2cc(Cl)ccc2s1. The van der Waals surface area contributed by atoms with Gasteiger partial charge in [-0.25, -0.2) is 4.98 Å². The molecule has 0 radical (unpaired) electrons. The molecule has 0 aliphatic carbocycles. The number of amides is 1. The Labute approximate surface area is 102 Å². The fraction of sp³-hybridized carbons (Fsp3) is 0.273. The van der Waals surface area contributed by atoms with Gasteiger partial charge in [0.25, 0.3) is 0 Å². The van der Waals surface area contributed by atoms with Crippen molar-refractivity contribution >= 4 is 44.2 Å². The average molecular weight is 255 g/mol. The highest BCUT2D eigenvalue weighted by atomic mass is 35.5. The van der Waals surface area contributed by atoms with E-state index in [1.165, 1.54) is 11.3 Å². The highest BCUT2D eigenvalue weighted by molar-refractivity contribution is 7.22. The van der Waals surface area contributed by atoms with E-state index in [2.05, 4.69) is 10.3 Å². The van der Waals surface area contributed by atoms with E-state index >= 15 is 0 Å². The molecule has 84 valence electrons. The molecule has 5 heteroatoms. The van der Waals surface area contributed by atoms with Gasteiger partial charge in [0, 0.05) is 10.9 Å². The van der Waals surface area contributed by atoms with Crippen molar-refractivity contribution in [1.82, 2.24) is 4.98 Å². The molecule has 1 heterocycles. The molecular formula is C11H11ClN2OS. The maximum Gasteiger partial charge on any atom is 0.228 e. The number of hydrogen-bond acceptors (Lipinski definition) is 3. The number of hydrogen-bond donors (Lipinski definition) is 1. The summed E-state index contributed by atoms with van der Waals surface area (Å²) >= 11 is 7.31. The molecule has 3 nitrogen and oxygen atoms in total. The third-order valence-corrected chi connectivity index (χ3v) is 3.29. The fourth-order valence-corrected chi connectivity index (χ4v) is 2.22. The second-order valence-electron chi connectivity index (χ2n) is 3.78. The van der Waals surface area contributed by atoms with Crippen LogP contribution >= 0.6 is 22.9 Å². The van der Waals surface area contributed by atoms with Crippen molar-refractivity contribution in [3.63, 3.8) is 0 Å². The van der Waals surface area contributed by atoms with Gasteiger partial charge in [0.1, 0.15) is 0 Å². The van der Waals surface area contributed by atoms with Crippen LogP contribution < -0.4 is 5.32 Å². The second-order valence-corrected chi connectivity index (χ2v) is 5.24. The van der Waals surface area contributed by atoms with Crippen LogP contribution in [0.2, 0.25) is 5.02 Å². The zero-order valence-corrected chi connectivity index (χ0v) is 10.5. The first-order valence-electron chi connectivity index (χ1n) is 4.93. The van der Waals surface area contributed by atoms with Crippen molar-refractivity contribution in [3.8, 4) is 0 Å². The van der Waals surface area contributed by atoms with Crippen molar-refractivity contribution in [3.05, 3.63) is 23.2 Å². The largest absolute Gasteiger partial charge is 0.302 e. The summed E-state index contributed by atoms with van der Waals surface area (Å²) < 4.78 is 1.02. The van der Waals surface area contributed by atoms with Crippen LogP contribution in [0.15, 0.2) is 18.2 Å². The number of aromatic nitrogens is 1. The van der Waals surface area contributed by atoms with Crippen LogP contribution in [0.3, 0.4) is 0 Å². The number of rotatable bonds is 2. The van der Waals surface area contributed by atoms with Crippen LogP contribution in [0.4, 0.5) is 5.13 Å². The zero-order valence-electron chi connectivity index (χ0n) is 8.95. The van der Waals surface area contributed by atoms with Gasteiger partial charge in [-0.3, -0.25) is 4.79 Å². The maximum absolute atomic E-state index is 11.5. The number of carbonyl (C=O) groups is 1. The summed E-state index contributed by atoms with van der Waals surface area (Å²) in [4.78, 5) is 15.8. The molecule has 0 spiro atoms. The Balaban J connectivity index is 2.29. The summed E-state index contributed by atoms with van der Waals surface area (Å²) in [6.07, 6.45) is 0. The van der Waals surface area contributed by atoms with Gasteiger partial charge in [0.05, 0.1) is 10.2 Å². The van der Waals surface area contributed by atoms with Crippen LogP contribution in [0, 0.1) is 5.92 Å². The van der Waals surface area contributed by atoms with E-state index in [0.717, 1.165) is 10.2 Å². The number of halogens is 1. The molecule has 0 aliphatic rings. The topological polar surface area (TPSA) is 42.0 Å². The molecule has 16 heavy (non-hydrogen) atoms. The fourth-order valence-electron chi connectivity index (χ4n) is 1.20. The first-order valence-corrected chi connectivity index (χ1v) is 6.12. The standard InChI is InChI=1S/C11H11ClN2OS/c1-6(2)10(15)14-11-13-8-5-7(12)3-4-9(8)16-11/h3-6H,1-2H3,(H,13,14,15). The van der Waals surface area contributed by atoms with Gasteiger partial charge in [0.2, 0.25) is 5.91 Å². The number of carbonyl (C=O) groups excluding carboxylic acids is 1. The molecule has 0 saturated heterocycles. The van der Waals surface area contributed by atoms with Crippen molar-refractivity contribution in [1.29, 1.82) is 0 Å². The number of anilines is 1. The molecule has 0 bridgehead atoms. The lowest BCUT2D eigenvalue weighted by molar-refractivity contribution is -0.118. The summed E-state index contributed by atoms with van der Waals surface area (Å²) in [5.74, 6) is -0.0687. The smallest absolute Gasteiger partial charge is 0.228 e. The minimum atomic E-state index is -0.0457. The van der Waals surface area contributed by atoms with Crippen LogP contribution in [0.25, 0.3) is 10.2 Å². The average Bonchev–Trinajstić information content (AvgIpc) is 2.58. The summed E-state index contributed by atoms with van der Waals surface area (Å²) in [6.45, 7) is 3.69. The third kappa shape index (κ3) is 2.33. The van der Waals surface area contributed by atoms with Crippen molar-refractivity contribution < 1.29 is 4.79 Å². The normalized spacial score (nSPS) is 11.0. The highest BCUT2D eigenvalue weighted by Gasteiger charge is 2.10. The van der Waals surface area contributed by atoms with Crippen LogP contribution in [-0.2, 0) is 4.79 Å². The van der Waals surface area contributed by atoms with Gasteiger partial charge >= 0.3 is 0 Å². The van der Waals surface area contributed by atoms with Crippen LogP contribution in [0.5, 0.6) is 0 Å². The van der Waals surface area contributed by atoms with E-state index in [-0.39, 0.29) is 11.8 Å². The molecule has 1 N–H and O–H groups in total. The van der Waals surface area contributed by atoms with E-state index in [1.54, 1.807) is 6.07 Å². The first kappa shape index (κ1) is 11.4. The predicted octanol–water partition coefficient (Wildman–Crippen LogP) is 3.54. The minimum absolute atomic E-state index is 0.0230. The van der Waals surface area contributed by atoms with Crippen molar-refractivity contribution in [2.75, 3.05) is 5.32 Å². The first-order chi connectivity index (χ1) is 7.56. The Morgan fingerprint density at radius 1 is 1.50 bits per heavy atom. The molecule has 2 rings (SSSR count). The third-order valence-electron chi connectivity index (χ3n) is 2.10. The summed E-state index contributed by atoms with van der Waals surface area (Å²) in [5, 5.41) is 4.05. The van der Waals surface area contributed by atoms with Gasteiger partial charge in [-0.05, 0) is 18.2 Å². The maximum atomic E-state index is 11.5. The van der Waals surface area contributed by atoms with Crippen LogP contribution in [0.1, 0.15) is 13.8 Å². The van der Waals surface area contributed by atoms with Crippen molar-refractivity contribution in [2.45, 2.75) is 13.8 Å². The monoisotopic (exact) mass is 254 g/mol.